The molecule has 10 nitrogen and oxygen atoms in total. The number of fused-ring (bicyclic) bond motifs is 1. The van der Waals surface area contributed by atoms with E-state index in [9.17, 15) is 23.1 Å². The van der Waals surface area contributed by atoms with Crippen LogP contribution in [0.25, 0.3) is 0 Å². The largest absolute Gasteiger partial charge is 0.490 e. The van der Waals surface area contributed by atoms with Gasteiger partial charge in [-0.3, -0.25) is 14.3 Å². The third-order valence-electron chi connectivity index (χ3n) is 8.51. The molecule has 2 N–H and O–H groups in total. The van der Waals surface area contributed by atoms with Gasteiger partial charge in [-0.2, -0.15) is 0 Å². The lowest BCUT2D eigenvalue weighted by Crippen LogP contribution is -2.48. The zero-order valence-electron chi connectivity index (χ0n) is 28.0. The maximum Gasteiger partial charge on any atom is 0.261 e. The first-order valence-corrected chi connectivity index (χ1v) is 18.1. The van der Waals surface area contributed by atoms with Crippen molar-refractivity contribution < 1.29 is 32.6 Å². The lowest BCUT2D eigenvalue weighted by atomic mass is 10.0. The molecule has 0 radical (unpaired) electrons. The number of carbonyl (C=O) groups is 2. The standard InChI is InChI=1S/C36H46ClN3O7S/c1-25-22-40(26(2)24-41)36(43)32-21-30(38-48(44,45)31-16-13-29(37)14-17-31)15-18-33(32)47-27(3)10-8-9-19-46-34(25)23-39(4)35(42)20-28-11-6-5-7-12-28/h5-7,11-18,21,25-27,34,38,41H,8-10,19-20,22-24H2,1-4H3/t25-,26+,27+,34+/m0/s1. The third-order valence-corrected chi connectivity index (χ3v) is 10.2. The Morgan fingerprint density at radius 2 is 1.79 bits per heavy atom. The van der Waals surface area contributed by atoms with E-state index >= 15 is 0 Å². The Hall–Kier alpha value is -3.64. The second kappa shape index (κ2) is 17.1. The number of amides is 2. The van der Waals surface area contributed by atoms with Crippen LogP contribution in [0.1, 0.15) is 56.0 Å². The van der Waals surface area contributed by atoms with Gasteiger partial charge in [-0.05, 0) is 81.1 Å². The van der Waals surface area contributed by atoms with Gasteiger partial charge in [-0.1, -0.05) is 48.9 Å². The number of nitrogens with zero attached hydrogens (tertiary/aromatic N) is 2. The number of sulfonamides is 1. The SMILES string of the molecule is C[C@@H]1CCCCO[C@H](CN(C)C(=O)Cc2ccccc2)[C@@H](C)CN([C@H](C)CO)C(=O)c2cc(NS(=O)(=O)c3ccc(Cl)cc3)ccc2O1. The first-order valence-electron chi connectivity index (χ1n) is 16.3. The van der Waals surface area contributed by atoms with E-state index in [1.165, 1.54) is 30.3 Å². The van der Waals surface area contributed by atoms with Gasteiger partial charge in [0.2, 0.25) is 5.91 Å². The minimum atomic E-state index is -3.99. The Morgan fingerprint density at radius 3 is 2.48 bits per heavy atom. The van der Waals surface area contributed by atoms with Gasteiger partial charge in [-0.15, -0.1) is 0 Å². The predicted molar refractivity (Wildman–Crippen MR) is 187 cm³/mol. The molecular formula is C36H46ClN3O7S. The number of likely N-dealkylation sites (N-methyl/N-ethyl adjacent to an activating group) is 1. The number of hydrogen-bond donors (Lipinski definition) is 2. The molecule has 0 aliphatic carbocycles. The fourth-order valence-electron chi connectivity index (χ4n) is 5.55. The average Bonchev–Trinajstić information content (AvgIpc) is 3.06. The van der Waals surface area contributed by atoms with Gasteiger partial charge in [0.25, 0.3) is 15.9 Å². The molecule has 2 amide bonds. The predicted octanol–water partition coefficient (Wildman–Crippen LogP) is 5.64. The normalized spacial score (nSPS) is 20.2. The van der Waals surface area contributed by atoms with E-state index in [1.54, 1.807) is 35.9 Å². The molecule has 48 heavy (non-hydrogen) atoms. The molecule has 0 unspecified atom stereocenters. The first kappa shape index (κ1) is 37.2. The molecule has 1 aliphatic heterocycles. The van der Waals surface area contributed by atoms with Crippen LogP contribution in [0.4, 0.5) is 5.69 Å². The van der Waals surface area contributed by atoms with Crippen LogP contribution in [0.2, 0.25) is 5.02 Å². The fourth-order valence-corrected chi connectivity index (χ4v) is 6.73. The number of rotatable bonds is 9. The van der Waals surface area contributed by atoms with E-state index in [-0.39, 0.29) is 59.8 Å². The van der Waals surface area contributed by atoms with Gasteiger partial charge in [0.05, 0.1) is 41.7 Å². The molecule has 1 heterocycles. The number of nitrogens with one attached hydrogen (secondary N) is 1. The van der Waals surface area contributed by atoms with Crippen molar-refractivity contribution in [3.05, 3.63) is 88.9 Å². The summed E-state index contributed by atoms with van der Waals surface area (Å²) in [7, 11) is -2.23. The van der Waals surface area contributed by atoms with E-state index in [4.69, 9.17) is 21.1 Å². The highest BCUT2D eigenvalue weighted by atomic mass is 35.5. The van der Waals surface area contributed by atoms with Gasteiger partial charge < -0.3 is 24.4 Å². The molecule has 260 valence electrons. The highest BCUT2D eigenvalue weighted by Gasteiger charge is 2.31. The van der Waals surface area contributed by atoms with E-state index < -0.39 is 22.0 Å². The number of aliphatic hydroxyl groups excluding tert-OH is 1. The third kappa shape index (κ3) is 10.2. The van der Waals surface area contributed by atoms with Crippen molar-refractivity contribution >= 4 is 39.1 Å². The zero-order valence-corrected chi connectivity index (χ0v) is 29.5. The van der Waals surface area contributed by atoms with Crippen LogP contribution < -0.4 is 9.46 Å². The Labute approximate surface area is 289 Å². The van der Waals surface area contributed by atoms with Crippen LogP contribution in [0.5, 0.6) is 5.75 Å². The van der Waals surface area contributed by atoms with Crippen LogP contribution in [0.3, 0.4) is 0 Å². The Bertz CT molecular complexity index is 1620. The molecule has 4 rings (SSSR count). The molecule has 0 fully saturated rings. The number of carbonyl (C=O) groups excluding carboxylic acids is 2. The second-order valence-electron chi connectivity index (χ2n) is 12.5. The van der Waals surface area contributed by atoms with Crippen molar-refractivity contribution in [1.82, 2.24) is 9.80 Å². The maximum atomic E-state index is 14.4. The Morgan fingerprint density at radius 1 is 1.08 bits per heavy atom. The molecule has 0 aromatic heterocycles. The number of anilines is 1. The summed E-state index contributed by atoms with van der Waals surface area (Å²) in [6.07, 6.45) is 1.95. The van der Waals surface area contributed by atoms with E-state index in [1.807, 2.05) is 44.2 Å². The topological polar surface area (TPSA) is 125 Å². The summed E-state index contributed by atoms with van der Waals surface area (Å²) in [5.74, 6) is -0.377. The summed E-state index contributed by atoms with van der Waals surface area (Å²) in [6, 6.07) is 19.4. The molecule has 0 bridgehead atoms. The summed E-state index contributed by atoms with van der Waals surface area (Å²) in [4.78, 5) is 30.7. The van der Waals surface area contributed by atoms with Crippen molar-refractivity contribution in [3.8, 4) is 5.75 Å². The highest BCUT2D eigenvalue weighted by molar-refractivity contribution is 7.92. The number of ether oxygens (including phenoxy) is 2. The van der Waals surface area contributed by atoms with Gasteiger partial charge in [-0.25, -0.2) is 8.42 Å². The van der Waals surface area contributed by atoms with Crippen molar-refractivity contribution in [2.75, 3.05) is 38.1 Å². The van der Waals surface area contributed by atoms with E-state index in [0.29, 0.717) is 30.3 Å². The van der Waals surface area contributed by atoms with Crippen LogP contribution in [0.15, 0.2) is 77.7 Å². The van der Waals surface area contributed by atoms with Crippen molar-refractivity contribution in [3.63, 3.8) is 0 Å². The van der Waals surface area contributed by atoms with Crippen molar-refractivity contribution in [2.45, 2.75) is 69.6 Å². The first-order chi connectivity index (χ1) is 22.9. The molecule has 12 heteroatoms. The summed E-state index contributed by atoms with van der Waals surface area (Å²) in [5, 5.41) is 10.6. The maximum absolute atomic E-state index is 14.4. The molecular weight excluding hydrogens is 654 g/mol. The van der Waals surface area contributed by atoms with E-state index in [0.717, 1.165) is 18.4 Å². The lowest BCUT2D eigenvalue weighted by Gasteiger charge is -2.36. The number of aliphatic hydroxyl groups is 1. The Kier molecular flexibility index (Phi) is 13.3. The number of hydrogen-bond acceptors (Lipinski definition) is 7. The minimum Gasteiger partial charge on any atom is -0.490 e. The summed E-state index contributed by atoms with van der Waals surface area (Å²) >= 11 is 5.95. The van der Waals surface area contributed by atoms with Crippen LogP contribution in [0, 0.1) is 5.92 Å². The zero-order chi connectivity index (χ0) is 34.8. The van der Waals surface area contributed by atoms with Gasteiger partial charge >= 0.3 is 0 Å². The number of benzene rings is 3. The molecule has 4 atom stereocenters. The summed E-state index contributed by atoms with van der Waals surface area (Å²) < 4.78 is 41.5. The molecule has 0 saturated heterocycles. The van der Waals surface area contributed by atoms with Gasteiger partial charge in [0.1, 0.15) is 5.75 Å². The number of halogens is 1. The smallest absolute Gasteiger partial charge is 0.261 e. The second-order valence-corrected chi connectivity index (χ2v) is 14.6. The van der Waals surface area contributed by atoms with Gasteiger partial charge in [0, 0.05) is 43.4 Å². The monoisotopic (exact) mass is 699 g/mol. The van der Waals surface area contributed by atoms with Crippen LogP contribution >= 0.6 is 11.6 Å². The van der Waals surface area contributed by atoms with E-state index in [2.05, 4.69) is 4.72 Å². The van der Waals surface area contributed by atoms with Crippen LogP contribution in [-0.2, 0) is 26.0 Å². The highest BCUT2D eigenvalue weighted by Crippen LogP contribution is 2.30. The lowest BCUT2D eigenvalue weighted by molar-refractivity contribution is -0.131. The van der Waals surface area contributed by atoms with Crippen LogP contribution in [-0.4, -0.2) is 86.7 Å². The minimum absolute atomic E-state index is 0.0193. The molecule has 0 spiro atoms. The molecule has 3 aromatic carbocycles. The molecule has 3 aromatic rings. The van der Waals surface area contributed by atoms with Crippen molar-refractivity contribution in [1.29, 1.82) is 0 Å². The molecule has 1 aliphatic rings. The summed E-state index contributed by atoms with van der Waals surface area (Å²) in [5.41, 5.74) is 1.27. The summed E-state index contributed by atoms with van der Waals surface area (Å²) in [6.45, 7) is 6.36. The average molecular weight is 700 g/mol. The fraction of sp³-hybridized carbons (Fsp3) is 0.444. The van der Waals surface area contributed by atoms with Gasteiger partial charge in [0.15, 0.2) is 0 Å². The Balaban J connectivity index is 1.63. The molecule has 0 saturated carbocycles. The quantitative estimate of drug-likeness (QED) is 0.296. The van der Waals surface area contributed by atoms with Crippen molar-refractivity contribution in [2.24, 2.45) is 5.92 Å².